The Morgan fingerprint density at radius 1 is 0.633 bits per heavy atom. The van der Waals surface area contributed by atoms with Gasteiger partial charge in [-0.2, -0.15) is 0 Å². The van der Waals surface area contributed by atoms with Gasteiger partial charge >= 0.3 is 11.9 Å². The first-order valence-electron chi connectivity index (χ1n) is 11.5. The Hall–Kier alpha value is -1.92. The molecule has 0 amide bonds. The Kier molecular flexibility index (Phi) is 11.1. The molecule has 0 radical (unpaired) electrons. The molecule has 0 aliphatic rings. The van der Waals surface area contributed by atoms with Gasteiger partial charge < -0.3 is 18.4 Å². The van der Waals surface area contributed by atoms with Crippen LogP contribution in [0.15, 0.2) is 24.3 Å². The van der Waals surface area contributed by atoms with Crippen molar-refractivity contribution in [2.45, 2.75) is 41.5 Å². The summed E-state index contributed by atoms with van der Waals surface area (Å²) in [5, 5.41) is 0. The molecule has 0 fully saturated rings. The van der Waals surface area contributed by atoms with Crippen molar-refractivity contribution >= 4 is 11.9 Å². The number of hydrogen-bond acceptors (Lipinski definition) is 4. The Morgan fingerprint density at radius 2 is 0.933 bits per heavy atom. The van der Waals surface area contributed by atoms with Crippen molar-refractivity contribution < 1.29 is 28.0 Å². The molecule has 1 rings (SSSR count). The van der Waals surface area contributed by atoms with E-state index >= 15 is 0 Å². The molecule has 1 aromatic carbocycles. The molecule has 1 aromatic rings. The average molecular weight is 423 g/mol. The molecular formula is C24H42N2O4+2. The molecule has 0 bridgehead atoms. The first-order chi connectivity index (χ1) is 14.4. The molecular weight excluding hydrogens is 380 g/mol. The lowest BCUT2D eigenvalue weighted by atomic mass is 10.1. The van der Waals surface area contributed by atoms with Gasteiger partial charge in [0.05, 0.1) is 50.4 Å². The van der Waals surface area contributed by atoms with Crippen LogP contribution in [-0.2, 0) is 9.47 Å². The van der Waals surface area contributed by atoms with E-state index in [9.17, 15) is 9.59 Å². The van der Waals surface area contributed by atoms with Gasteiger partial charge in [-0.1, -0.05) is 12.1 Å². The van der Waals surface area contributed by atoms with Crippen LogP contribution in [0.1, 0.15) is 62.3 Å². The van der Waals surface area contributed by atoms with E-state index in [1.165, 1.54) is 0 Å². The van der Waals surface area contributed by atoms with Crippen LogP contribution < -0.4 is 0 Å². The van der Waals surface area contributed by atoms with Gasteiger partial charge in [0, 0.05) is 0 Å². The van der Waals surface area contributed by atoms with E-state index in [-0.39, 0.29) is 11.1 Å². The van der Waals surface area contributed by atoms with E-state index in [0.29, 0.717) is 13.2 Å². The van der Waals surface area contributed by atoms with Crippen LogP contribution in [0.25, 0.3) is 0 Å². The van der Waals surface area contributed by atoms with Crippen molar-refractivity contribution in [1.29, 1.82) is 0 Å². The third kappa shape index (κ3) is 6.81. The molecule has 0 aromatic heterocycles. The molecule has 0 aliphatic heterocycles. The van der Waals surface area contributed by atoms with Crippen LogP contribution in [0.2, 0.25) is 0 Å². The first-order valence-corrected chi connectivity index (χ1v) is 11.5. The monoisotopic (exact) mass is 422 g/mol. The molecule has 0 atom stereocenters. The largest absolute Gasteiger partial charge is 0.456 e. The van der Waals surface area contributed by atoms with E-state index in [4.69, 9.17) is 9.47 Å². The number of hydrogen-bond donors (Lipinski definition) is 0. The summed E-state index contributed by atoms with van der Waals surface area (Å²) in [4.78, 5) is 25.3. The van der Waals surface area contributed by atoms with Crippen molar-refractivity contribution in [3.63, 3.8) is 0 Å². The van der Waals surface area contributed by atoms with Crippen LogP contribution in [-0.4, -0.2) is 86.5 Å². The number of rotatable bonds is 14. The summed E-state index contributed by atoms with van der Waals surface area (Å²) in [5.41, 5.74) is 0.541. The van der Waals surface area contributed by atoms with Gasteiger partial charge in [0.1, 0.15) is 26.3 Å². The van der Waals surface area contributed by atoms with Crippen LogP contribution >= 0.6 is 0 Å². The summed E-state index contributed by atoms with van der Waals surface area (Å²) < 4.78 is 12.9. The lowest BCUT2D eigenvalue weighted by molar-refractivity contribution is -0.923. The fraction of sp³-hybridized carbons (Fsp3) is 0.667. The predicted molar refractivity (Wildman–Crippen MR) is 121 cm³/mol. The highest BCUT2D eigenvalue weighted by atomic mass is 16.5. The van der Waals surface area contributed by atoms with Crippen molar-refractivity contribution in [2.24, 2.45) is 0 Å². The maximum absolute atomic E-state index is 12.7. The lowest BCUT2D eigenvalue weighted by Crippen LogP contribution is -2.49. The number of quaternary nitrogens is 2. The summed E-state index contributed by atoms with van der Waals surface area (Å²) in [6, 6.07) is 6.74. The quantitative estimate of drug-likeness (QED) is 0.338. The first kappa shape index (κ1) is 26.1. The second-order valence-corrected chi connectivity index (χ2v) is 7.85. The SMILES string of the molecule is CC[N+](CC)(CC)CCOC(=O)c1ccccc1C(=O)OCC[N+](CC)(CC)CC. The number of likely N-dealkylation sites (N-methyl/N-ethyl adjacent to an activating group) is 2. The smallest absolute Gasteiger partial charge is 0.339 e. The summed E-state index contributed by atoms with van der Waals surface area (Å²) in [5.74, 6) is -0.936. The minimum absolute atomic E-state index is 0.271. The van der Waals surface area contributed by atoms with Gasteiger partial charge in [-0.15, -0.1) is 0 Å². The van der Waals surface area contributed by atoms with Crippen LogP contribution in [0.3, 0.4) is 0 Å². The van der Waals surface area contributed by atoms with E-state index in [1.807, 2.05) is 0 Å². The number of carbonyl (C=O) groups excluding carboxylic acids is 2. The van der Waals surface area contributed by atoms with Gasteiger partial charge in [0.2, 0.25) is 0 Å². The highest BCUT2D eigenvalue weighted by Crippen LogP contribution is 2.14. The molecule has 0 heterocycles. The summed E-state index contributed by atoms with van der Waals surface area (Å²) in [6.07, 6.45) is 0. The number of benzene rings is 1. The van der Waals surface area contributed by atoms with Crippen molar-refractivity contribution in [3.05, 3.63) is 35.4 Å². The maximum atomic E-state index is 12.7. The zero-order valence-electron chi connectivity index (χ0n) is 19.9. The van der Waals surface area contributed by atoms with E-state index < -0.39 is 11.9 Å². The molecule has 6 heteroatoms. The molecule has 30 heavy (non-hydrogen) atoms. The molecule has 6 nitrogen and oxygen atoms in total. The minimum Gasteiger partial charge on any atom is -0.456 e. The van der Waals surface area contributed by atoms with Gasteiger partial charge in [0.15, 0.2) is 0 Å². The van der Waals surface area contributed by atoms with E-state index in [2.05, 4.69) is 41.5 Å². The number of esters is 2. The Bertz CT molecular complexity index is 593. The van der Waals surface area contributed by atoms with Crippen LogP contribution in [0.5, 0.6) is 0 Å². The zero-order chi connectivity index (χ0) is 22.6. The van der Waals surface area contributed by atoms with Crippen LogP contribution in [0.4, 0.5) is 0 Å². The van der Waals surface area contributed by atoms with E-state index in [1.54, 1.807) is 24.3 Å². The Morgan fingerprint density at radius 3 is 1.20 bits per heavy atom. The zero-order valence-corrected chi connectivity index (χ0v) is 19.9. The third-order valence-corrected chi connectivity index (χ3v) is 6.99. The fourth-order valence-electron chi connectivity index (χ4n) is 3.95. The molecule has 0 saturated carbocycles. The molecule has 0 saturated heterocycles. The maximum Gasteiger partial charge on any atom is 0.339 e. The number of ether oxygens (including phenoxy) is 2. The Labute approximate surface area is 182 Å². The summed E-state index contributed by atoms with van der Waals surface area (Å²) in [7, 11) is 0. The minimum atomic E-state index is -0.468. The predicted octanol–water partition coefficient (Wildman–Crippen LogP) is 3.75. The number of carbonyl (C=O) groups is 2. The van der Waals surface area contributed by atoms with Crippen molar-refractivity contribution in [1.82, 2.24) is 0 Å². The average Bonchev–Trinajstić information content (AvgIpc) is 2.80. The Balaban J connectivity index is 2.74. The van der Waals surface area contributed by atoms with Gasteiger partial charge in [-0.3, -0.25) is 0 Å². The van der Waals surface area contributed by atoms with Crippen molar-refractivity contribution in [2.75, 3.05) is 65.6 Å². The molecule has 0 unspecified atom stereocenters. The fourth-order valence-corrected chi connectivity index (χ4v) is 3.95. The molecule has 170 valence electrons. The lowest BCUT2D eigenvalue weighted by Gasteiger charge is -2.35. The van der Waals surface area contributed by atoms with Gasteiger partial charge in [-0.25, -0.2) is 9.59 Å². The summed E-state index contributed by atoms with van der Waals surface area (Å²) >= 11 is 0. The van der Waals surface area contributed by atoms with Crippen molar-refractivity contribution in [3.8, 4) is 0 Å². The van der Waals surface area contributed by atoms with Gasteiger partial charge in [0.25, 0.3) is 0 Å². The second kappa shape index (κ2) is 12.7. The van der Waals surface area contributed by atoms with Crippen LogP contribution in [0, 0.1) is 0 Å². The molecule has 0 aliphatic carbocycles. The second-order valence-electron chi connectivity index (χ2n) is 7.85. The van der Waals surface area contributed by atoms with E-state index in [0.717, 1.165) is 61.3 Å². The van der Waals surface area contributed by atoms with Gasteiger partial charge in [-0.05, 0) is 53.7 Å². The highest BCUT2D eigenvalue weighted by Gasteiger charge is 2.25. The highest BCUT2D eigenvalue weighted by molar-refractivity contribution is 6.03. The third-order valence-electron chi connectivity index (χ3n) is 6.99. The molecule has 0 N–H and O–H groups in total. The number of nitrogens with zero attached hydrogens (tertiary/aromatic N) is 2. The topological polar surface area (TPSA) is 52.6 Å². The standard InChI is InChI=1S/C24H42N2O4/c1-7-25(8-2,9-3)17-19-29-23(27)21-15-13-14-16-22(21)24(28)30-20-18-26(10-4,11-5)12-6/h13-16H,7-12,17-20H2,1-6H3/q+2. The summed E-state index contributed by atoms with van der Waals surface area (Å²) in [6.45, 7) is 21.2. The normalized spacial score (nSPS) is 11.9. The molecule has 0 spiro atoms.